The molecule has 0 heterocycles. The molecular weight excluding hydrogens is 332 g/mol. The summed E-state index contributed by atoms with van der Waals surface area (Å²) in [6, 6.07) is 0. The van der Waals surface area contributed by atoms with Crippen molar-refractivity contribution in [2.75, 3.05) is 24.7 Å². The van der Waals surface area contributed by atoms with Gasteiger partial charge in [-0.1, -0.05) is 13.8 Å². The summed E-state index contributed by atoms with van der Waals surface area (Å²) in [5.74, 6) is 1.88. The van der Waals surface area contributed by atoms with Gasteiger partial charge in [0.25, 0.3) is 0 Å². The van der Waals surface area contributed by atoms with Crippen molar-refractivity contribution in [3.8, 4) is 0 Å². The Hall–Kier alpha value is 0.840. The molecule has 0 saturated heterocycles. The van der Waals surface area contributed by atoms with Crippen LogP contribution in [0.25, 0.3) is 0 Å². The molecular formula is C9H20O6S4. The molecule has 4 unspecified atom stereocenters. The molecule has 0 aromatic carbocycles. The molecule has 0 saturated carbocycles. The highest BCUT2D eigenvalue weighted by atomic mass is 32.2. The largest absolute Gasteiger partial charge is 0.301 e. The number of thioether (sulfide) groups is 2. The van der Waals surface area contributed by atoms with Crippen molar-refractivity contribution in [1.29, 1.82) is 0 Å². The smallest absolute Gasteiger partial charge is 0.284 e. The first-order valence-electron chi connectivity index (χ1n) is 5.63. The molecule has 0 rings (SSSR count). The molecule has 116 valence electrons. The van der Waals surface area contributed by atoms with Crippen LogP contribution in [-0.2, 0) is 31.1 Å². The van der Waals surface area contributed by atoms with Crippen molar-refractivity contribution in [1.82, 2.24) is 0 Å². The number of rotatable bonds is 12. The van der Waals surface area contributed by atoms with E-state index >= 15 is 0 Å². The first-order valence-corrected chi connectivity index (χ1v) is 9.79. The van der Waals surface area contributed by atoms with E-state index < -0.39 is 22.7 Å². The van der Waals surface area contributed by atoms with E-state index in [1.807, 2.05) is 13.8 Å². The van der Waals surface area contributed by atoms with Crippen molar-refractivity contribution in [3.63, 3.8) is 0 Å². The summed E-state index contributed by atoms with van der Waals surface area (Å²) in [7, 11) is 0. The van der Waals surface area contributed by atoms with Gasteiger partial charge in [-0.05, 0) is 17.9 Å². The summed E-state index contributed by atoms with van der Waals surface area (Å²) in [5.41, 5.74) is 0. The molecule has 0 aliphatic rings. The van der Waals surface area contributed by atoms with E-state index in [0.717, 1.165) is 17.9 Å². The molecule has 0 amide bonds. The standard InChI is InChI=1S/C9H20O6S4/c1-8(6-14-18(10)11)16-4-3-5-17-9(2)7-15-19(12)13/h8-9H,3-7H2,1-2H3,(H,10,11)(H,12,13). The van der Waals surface area contributed by atoms with E-state index in [9.17, 15) is 8.42 Å². The zero-order chi connectivity index (χ0) is 14.7. The summed E-state index contributed by atoms with van der Waals surface area (Å²) in [4.78, 5) is 0. The van der Waals surface area contributed by atoms with Crippen LogP contribution >= 0.6 is 23.5 Å². The number of hydrogen-bond donors (Lipinski definition) is 2. The second-order valence-electron chi connectivity index (χ2n) is 3.72. The zero-order valence-corrected chi connectivity index (χ0v) is 14.1. The fourth-order valence-corrected chi connectivity index (χ4v) is 3.78. The highest BCUT2D eigenvalue weighted by Gasteiger charge is 2.07. The highest BCUT2D eigenvalue weighted by Crippen LogP contribution is 2.17. The van der Waals surface area contributed by atoms with Gasteiger partial charge in [0.15, 0.2) is 0 Å². The predicted octanol–water partition coefficient (Wildman–Crippen LogP) is 1.93. The van der Waals surface area contributed by atoms with Gasteiger partial charge < -0.3 is 0 Å². The summed E-state index contributed by atoms with van der Waals surface area (Å²) in [6.45, 7) is 4.40. The molecule has 0 aromatic heterocycles. The molecule has 0 aliphatic heterocycles. The zero-order valence-electron chi connectivity index (χ0n) is 10.9. The molecule has 4 atom stereocenters. The van der Waals surface area contributed by atoms with Gasteiger partial charge >= 0.3 is 22.7 Å². The van der Waals surface area contributed by atoms with Crippen LogP contribution in [0.5, 0.6) is 0 Å². The Labute approximate surface area is 127 Å². The molecule has 2 N–H and O–H groups in total. The first kappa shape index (κ1) is 19.8. The fourth-order valence-electron chi connectivity index (χ4n) is 1.03. The van der Waals surface area contributed by atoms with Crippen LogP contribution in [0.2, 0.25) is 0 Å². The lowest BCUT2D eigenvalue weighted by Gasteiger charge is -2.11. The van der Waals surface area contributed by atoms with Gasteiger partial charge in [-0.25, -0.2) is 0 Å². The monoisotopic (exact) mass is 352 g/mol. The Balaban J connectivity index is 3.38. The van der Waals surface area contributed by atoms with Crippen LogP contribution in [0.15, 0.2) is 0 Å². The quantitative estimate of drug-likeness (QED) is 0.406. The summed E-state index contributed by atoms with van der Waals surface area (Å²) in [5, 5.41) is 0.359. The molecule has 0 aliphatic carbocycles. The predicted molar refractivity (Wildman–Crippen MR) is 81.9 cm³/mol. The van der Waals surface area contributed by atoms with Crippen LogP contribution in [0.1, 0.15) is 20.3 Å². The Morgan fingerprint density at radius 1 is 0.947 bits per heavy atom. The SMILES string of the molecule is CC(COS(=O)O)SCCCSC(C)COS(=O)O. The average Bonchev–Trinajstić information content (AvgIpc) is 2.33. The van der Waals surface area contributed by atoms with Gasteiger partial charge in [0, 0.05) is 10.5 Å². The molecule has 0 spiro atoms. The van der Waals surface area contributed by atoms with Crippen LogP contribution in [0.4, 0.5) is 0 Å². The maximum atomic E-state index is 10.3. The molecule has 19 heavy (non-hydrogen) atoms. The minimum atomic E-state index is -2.18. The van der Waals surface area contributed by atoms with Gasteiger partial charge in [-0.2, -0.15) is 31.9 Å². The lowest BCUT2D eigenvalue weighted by molar-refractivity contribution is 0.310. The van der Waals surface area contributed by atoms with Crippen LogP contribution in [0, 0.1) is 0 Å². The number of hydrogen-bond acceptors (Lipinski definition) is 6. The third kappa shape index (κ3) is 15.1. The fraction of sp³-hybridized carbons (Fsp3) is 1.00. The minimum absolute atomic E-state index is 0.179. The Kier molecular flexibility index (Phi) is 13.1. The van der Waals surface area contributed by atoms with E-state index in [2.05, 4.69) is 8.37 Å². The molecule has 0 radical (unpaired) electrons. The topological polar surface area (TPSA) is 93.1 Å². The van der Waals surface area contributed by atoms with Gasteiger partial charge in [0.1, 0.15) is 0 Å². The Morgan fingerprint density at radius 2 is 1.32 bits per heavy atom. The van der Waals surface area contributed by atoms with E-state index in [4.69, 9.17) is 9.11 Å². The lowest BCUT2D eigenvalue weighted by atomic mass is 10.5. The van der Waals surface area contributed by atoms with Gasteiger partial charge in [0.2, 0.25) is 0 Å². The Morgan fingerprint density at radius 3 is 1.63 bits per heavy atom. The minimum Gasteiger partial charge on any atom is -0.284 e. The van der Waals surface area contributed by atoms with Crippen LogP contribution in [-0.4, -0.2) is 52.7 Å². The van der Waals surface area contributed by atoms with E-state index in [1.54, 1.807) is 23.5 Å². The van der Waals surface area contributed by atoms with Gasteiger partial charge in [0.05, 0.1) is 13.2 Å². The maximum Gasteiger partial charge on any atom is 0.301 e. The van der Waals surface area contributed by atoms with Gasteiger partial charge in [-0.15, -0.1) is 0 Å². The molecule has 0 fully saturated rings. The van der Waals surface area contributed by atoms with E-state index in [0.29, 0.717) is 0 Å². The molecule has 0 aromatic rings. The van der Waals surface area contributed by atoms with Crippen molar-refractivity contribution < 1.29 is 25.9 Å². The first-order chi connectivity index (χ1) is 8.91. The average molecular weight is 353 g/mol. The highest BCUT2D eigenvalue weighted by molar-refractivity contribution is 8.00. The lowest BCUT2D eigenvalue weighted by Crippen LogP contribution is -2.11. The third-order valence-corrected chi connectivity index (χ3v) is 5.03. The Bertz CT molecular complexity index is 251. The van der Waals surface area contributed by atoms with E-state index in [-0.39, 0.29) is 23.7 Å². The van der Waals surface area contributed by atoms with E-state index in [1.165, 1.54) is 0 Å². The van der Waals surface area contributed by atoms with Gasteiger partial charge in [-0.3, -0.25) is 17.5 Å². The van der Waals surface area contributed by atoms with Crippen LogP contribution < -0.4 is 0 Å². The normalized spacial score (nSPS) is 17.9. The van der Waals surface area contributed by atoms with Crippen molar-refractivity contribution in [3.05, 3.63) is 0 Å². The van der Waals surface area contributed by atoms with Crippen molar-refractivity contribution in [2.45, 2.75) is 30.8 Å². The summed E-state index contributed by atoms with van der Waals surface area (Å²) < 4.78 is 46.6. The van der Waals surface area contributed by atoms with Crippen molar-refractivity contribution >= 4 is 46.2 Å². The second kappa shape index (κ2) is 12.6. The van der Waals surface area contributed by atoms with Crippen molar-refractivity contribution in [2.24, 2.45) is 0 Å². The summed E-state index contributed by atoms with van der Waals surface area (Å²) >= 11 is -0.999. The molecule has 0 bridgehead atoms. The maximum absolute atomic E-state index is 10.3. The summed E-state index contributed by atoms with van der Waals surface area (Å²) in [6.07, 6.45) is 0.994. The van der Waals surface area contributed by atoms with Crippen LogP contribution in [0.3, 0.4) is 0 Å². The second-order valence-corrected chi connectivity index (χ2v) is 8.15. The third-order valence-electron chi connectivity index (χ3n) is 1.90. The molecule has 6 nitrogen and oxygen atoms in total. The molecule has 10 heteroatoms.